The molecule has 166 valence electrons. The lowest BCUT2D eigenvalue weighted by atomic mass is 10.3. The van der Waals surface area contributed by atoms with Gasteiger partial charge in [0.05, 0.1) is 10.2 Å². The lowest BCUT2D eigenvalue weighted by Crippen LogP contribution is -2.38. The Morgan fingerprint density at radius 3 is 2.58 bits per heavy atom. The molecule has 0 N–H and O–H groups in total. The zero-order valence-corrected chi connectivity index (χ0v) is 20.0. The molecule has 0 saturated carbocycles. The van der Waals surface area contributed by atoms with E-state index in [9.17, 15) is 4.79 Å². The molecule has 0 radical (unpaired) electrons. The second kappa shape index (κ2) is 10.9. The van der Waals surface area contributed by atoms with Crippen molar-refractivity contribution >= 4 is 62.4 Å². The molecule has 31 heavy (non-hydrogen) atoms. The average Bonchev–Trinajstić information content (AvgIpc) is 3.43. The van der Waals surface area contributed by atoms with Gasteiger partial charge in [0.1, 0.15) is 13.2 Å². The number of thiophene rings is 1. The zero-order chi connectivity index (χ0) is 20.9. The Morgan fingerprint density at radius 2 is 1.90 bits per heavy atom. The number of thiazole rings is 1. The summed E-state index contributed by atoms with van der Waals surface area (Å²) in [5.74, 6) is 1.39. The van der Waals surface area contributed by atoms with Gasteiger partial charge in [-0.25, -0.2) is 4.98 Å². The van der Waals surface area contributed by atoms with E-state index in [4.69, 9.17) is 14.5 Å². The van der Waals surface area contributed by atoms with Gasteiger partial charge < -0.3 is 14.4 Å². The van der Waals surface area contributed by atoms with Crippen LogP contribution in [0.1, 0.15) is 18.7 Å². The van der Waals surface area contributed by atoms with Crippen molar-refractivity contribution in [1.29, 1.82) is 0 Å². The highest BCUT2D eigenvalue weighted by molar-refractivity contribution is 7.22. The molecular formula is C22H26ClN3O3S2. The van der Waals surface area contributed by atoms with Crippen LogP contribution in [-0.4, -0.2) is 55.2 Å². The maximum atomic E-state index is 13.1. The van der Waals surface area contributed by atoms with Gasteiger partial charge in [-0.05, 0) is 30.6 Å². The molecule has 0 bridgehead atoms. The van der Waals surface area contributed by atoms with Crippen LogP contribution in [0.3, 0.4) is 0 Å². The molecule has 0 atom stereocenters. The Morgan fingerprint density at radius 1 is 1.16 bits per heavy atom. The number of fused-ring (bicyclic) bond motifs is 2. The molecule has 2 aromatic heterocycles. The van der Waals surface area contributed by atoms with Crippen molar-refractivity contribution in [2.75, 3.05) is 44.3 Å². The molecule has 0 aliphatic carbocycles. The first-order valence-electron chi connectivity index (χ1n) is 10.1. The van der Waals surface area contributed by atoms with Crippen LogP contribution in [0.2, 0.25) is 0 Å². The van der Waals surface area contributed by atoms with Crippen molar-refractivity contribution in [3.63, 3.8) is 0 Å². The molecule has 0 unspecified atom stereocenters. The molecule has 9 heteroatoms. The third kappa shape index (κ3) is 5.57. The standard InChI is InChI=1S/C22H25N3O3S2.ClH/c1-3-24(4-2)9-10-25(21(26)8-7-16-6-5-13-29-16)22-23-17-14-18-19(15-20(17)30-22)28-12-11-27-18;/h5-8,13-15H,3-4,9-12H2,1-2H3;1H. The minimum Gasteiger partial charge on any atom is -0.486 e. The molecule has 1 amide bonds. The van der Waals surface area contributed by atoms with E-state index in [1.54, 1.807) is 22.3 Å². The topological polar surface area (TPSA) is 54.9 Å². The lowest BCUT2D eigenvalue weighted by Gasteiger charge is -2.23. The zero-order valence-electron chi connectivity index (χ0n) is 17.6. The fraction of sp³-hybridized carbons (Fsp3) is 0.364. The summed E-state index contributed by atoms with van der Waals surface area (Å²) in [5.41, 5.74) is 0.821. The number of carbonyl (C=O) groups is 1. The first-order chi connectivity index (χ1) is 14.7. The number of nitrogens with zero attached hydrogens (tertiary/aromatic N) is 3. The molecule has 1 aliphatic rings. The quantitative estimate of drug-likeness (QED) is 0.428. The van der Waals surface area contributed by atoms with Crippen LogP contribution in [0.25, 0.3) is 16.3 Å². The molecule has 1 aromatic carbocycles. The van der Waals surface area contributed by atoms with Gasteiger partial charge in [-0.2, -0.15) is 0 Å². The number of anilines is 1. The summed E-state index contributed by atoms with van der Waals surface area (Å²) in [5, 5.41) is 2.70. The Hall–Kier alpha value is -2.13. The molecule has 1 aliphatic heterocycles. The number of carbonyl (C=O) groups excluding carboxylic acids is 1. The van der Waals surface area contributed by atoms with E-state index in [1.807, 2.05) is 35.7 Å². The van der Waals surface area contributed by atoms with E-state index in [-0.39, 0.29) is 18.3 Å². The van der Waals surface area contributed by atoms with Crippen LogP contribution in [-0.2, 0) is 4.79 Å². The van der Waals surface area contributed by atoms with Crippen molar-refractivity contribution in [2.45, 2.75) is 13.8 Å². The van der Waals surface area contributed by atoms with E-state index in [1.165, 1.54) is 11.3 Å². The van der Waals surface area contributed by atoms with Gasteiger partial charge in [0.25, 0.3) is 5.91 Å². The maximum absolute atomic E-state index is 13.1. The number of benzene rings is 1. The molecule has 0 saturated heterocycles. The van der Waals surface area contributed by atoms with Crippen LogP contribution in [0.4, 0.5) is 5.13 Å². The maximum Gasteiger partial charge on any atom is 0.252 e. The Balaban J connectivity index is 0.00000272. The van der Waals surface area contributed by atoms with Crippen molar-refractivity contribution in [2.24, 2.45) is 0 Å². The summed E-state index contributed by atoms with van der Waals surface area (Å²) in [6, 6.07) is 7.83. The van der Waals surface area contributed by atoms with Gasteiger partial charge in [0.15, 0.2) is 16.6 Å². The van der Waals surface area contributed by atoms with E-state index in [0.717, 1.165) is 40.5 Å². The summed E-state index contributed by atoms with van der Waals surface area (Å²) in [6.07, 6.45) is 3.50. The van der Waals surface area contributed by atoms with Crippen LogP contribution < -0.4 is 14.4 Å². The molecule has 4 rings (SSSR count). The average molecular weight is 480 g/mol. The van der Waals surface area contributed by atoms with Gasteiger partial charge >= 0.3 is 0 Å². The molecule has 0 spiro atoms. The normalized spacial score (nSPS) is 13.0. The largest absolute Gasteiger partial charge is 0.486 e. The third-order valence-corrected chi connectivity index (χ3v) is 6.88. The Labute approximate surface area is 196 Å². The molecular weight excluding hydrogens is 454 g/mol. The number of aromatic nitrogens is 1. The summed E-state index contributed by atoms with van der Waals surface area (Å²) in [7, 11) is 0. The SMILES string of the molecule is CCN(CC)CCN(C(=O)C=Cc1cccs1)c1nc2cc3c(cc2s1)OCCO3.Cl. The summed E-state index contributed by atoms with van der Waals surface area (Å²) >= 11 is 3.11. The second-order valence-corrected chi connectivity index (χ2v) is 8.81. The minimum absolute atomic E-state index is 0. The van der Waals surface area contributed by atoms with Crippen molar-refractivity contribution in [1.82, 2.24) is 9.88 Å². The first-order valence-corrected chi connectivity index (χ1v) is 11.8. The number of likely N-dealkylation sites (N-methyl/N-ethyl adjacent to an activating group) is 1. The van der Waals surface area contributed by atoms with E-state index in [0.29, 0.717) is 30.6 Å². The number of hydrogen-bond acceptors (Lipinski definition) is 7. The van der Waals surface area contributed by atoms with Gasteiger partial charge in [-0.1, -0.05) is 31.3 Å². The summed E-state index contributed by atoms with van der Waals surface area (Å²) in [4.78, 5) is 23.0. The highest BCUT2D eigenvalue weighted by Crippen LogP contribution is 2.38. The predicted molar refractivity (Wildman–Crippen MR) is 131 cm³/mol. The van der Waals surface area contributed by atoms with Gasteiger partial charge in [-0.3, -0.25) is 9.69 Å². The number of rotatable bonds is 8. The number of amides is 1. The number of halogens is 1. The van der Waals surface area contributed by atoms with Crippen LogP contribution in [0.15, 0.2) is 35.7 Å². The fourth-order valence-corrected chi connectivity index (χ4v) is 4.90. The van der Waals surface area contributed by atoms with Crippen LogP contribution in [0.5, 0.6) is 11.5 Å². The van der Waals surface area contributed by atoms with Crippen molar-refractivity contribution in [3.05, 3.63) is 40.6 Å². The smallest absolute Gasteiger partial charge is 0.252 e. The van der Waals surface area contributed by atoms with Gasteiger partial charge in [-0.15, -0.1) is 23.7 Å². The second-order valence-electron chi connectivity index (χ2n) is 6.83. The number of ether oxygens (including phenoxy) is 2. The molecule has 6 nitrogen and oxygen atoms in total. The lowest BCUT2D eigenvalue weighted by molar-refractivity contribution is -0.114. The van der Waals surface area contributed by atoms with Crippen LogP contribution >= 0.6 is 35.1 Å². The van der Waals surface area contributed by atoms with Crippen molar-refractivity contribution in [3.8, 4) is 11.5 Å². The predicted octanol–water partition coefficient (Wildman–Crippen LogP) is 4.94. The Bertz CT molecular complexity index is 989. The fourth-order valence-electron chi connectivity index (χ4n) is 3.28. The molecule has 0 fully saturated rings. The van der Waals surface area contributed by atoms with Crippen LogP contribution in [0, 0.1) is 0 Å². The minimum atomic E-state index is -0.0631. The van der Waals surface area contributed by atoms with E-state index in [2.05, 4.69) is 18.7 Å². The summed E-state index contributed by atoms with van der Waals surface area (Å²) in [6.45, 7) is 8.63. The van der Waals surface area contributed by atoms with Gasteiger partial charge in [0, 0.05) is 36.2 Å². The first kappa shape index (κ1) is 23.5. The van der Waals surface area contributed by atoms with Gasteiger partial charge in [0.2, 0.25) is 0 Å². The number of hydrogen-bond donors (Lipinski definition) is 0. The molecule has 3 heterocycles. The van der Waals surface area contributed by atoms with E-state index < -0.39 is 0 Å². The highest BCUT2D eigenvalue weighted by Gasteiger charge is 2.21. The highest BCUT2D eigenvalue weighted by atomic mass is 35.5. The third-order valence-electron chi connectivity index (χ3n) is 5.01. The summed E-state index contributed by atoms with van der Waals surface area (Å²) < 4.78 is 12.4. The Kier molecular flexibility index (Phi) is 8.31. The monoisotopic (exact) mass is 479 g/mol. The molecule has 3 aromatic rings. The van der Waals surface area contributed by atoms with Crippen molar-refractivity contribution < 1.29 is 14.3 Å². The van der Waals surface area contributed by atoms with E-state index >= 15 is 0 Å².